The molecule has 2 aromatic rings. The lowest BCUT2D eigenvalue weighted by Crippen LogP contribution is -1.91. The number of fused-ring (bicyclic) bond motifs is 1. The monoisotopic (exact) mass is 184 g/mol. The van der Waals surface area contributed by atoms with Crippen LogP contribution in [0.15, 0.2) is 30.3 Å². The fraction of sp³-hybridized carbons (Fsp3) is 0.286. The van der Waals surface area contributed by atoms with Gasteiger partial charge in [-0.2, -0.15) is 0 Å². The second-order valence-electron chi connectivity index (χ2n) is 3.89. The maximum absolute atomic E-state index is 2.29. The van der Waals surface area contributed by atoms with Crippen LogP contribution in [0.3, 0.4) is 0 Å². The maximum atomic E-state index is 2.29. The third-order valence-electron chi connectivity index (χ3n) is 2.94. The molecule has 0 aliphatic heterocycles. The van der Waals surface area contributed by atoms with Gasteiger partial charge >= 0.3 is 0 Å². The molecule has 0 heterocycles. The predicted molar refractivity (Wildman–Crippen MR) is 62.8 cm³/mol. The molecule has 0 saturated heterocycles. The van der Waals surface area contributed by atoms with Gasteiger partial charge in [-0.3, -0.25) is 0 Å². The molecule has 0 aromatic heterocycles. The molecule has 0 N–H and O–H groups in total. The zero-order valence-electron chi connectivity index (χ0n) is 9.09. The fourth-order valence-electron chi connectivity index (χ4n) is 2.26. The molecule has 2 aromatic carbocycles. The van der Waals surface area contributed by atoms with Crippen LogP contribution in [0.5, 0.6) is 0 Å². The molecule has 0 atom stereocenters. The number of aryl methyl sites for hydroxylation is 3. The van der Waals surface area contributed by atoms with Gasteiger partial charge in [-0.25, -0.2) is 0 Å². The first-order valence-corrected chi connectivity index (χ1v) is 5.22. The van der Waals surface area contributed by atoms with Crippen molar-refractivity contribution in [2.45, 2.75) is 27.2 Å². The van der Waals surface area contributed by atoms with Gasteiger partial charge < -0.3 is 0 Å². The summed E-state index contributed by atoms with van der Waals surface area (Å²) in [4.78, 5) is 0. The highest BCUT2D eigenvalue weighted by Gasteiger charge is 2.04. The van der Waals surface area contributed by atoms with Crippen LogP contribution in [-0.4, -0.2) is 0 Å². The van der Waals surface area contributed by atoms with Gasteiger partial charge in [-0.05, 0) is 47.7 Å². The SMILES string of the molecule is CCc1c(C)cc(C)c2ccccc12. The van der Waals surface area contributed by atoms with E-state index in [9.17, 15) is 0 Å². The van der Waals surface area contributed by atoms with Crippen molar-refractivity contribution in [2.75, 3.05) is 0 Å². The molecule has 0 spiro atoms. The van der Waals surface area contributed by atoms with E-state index in [-0.39, 0.29) is 0 Å². The van der Waals surface area contributed by atoms with Crippen molar-refractivity contribution in [1.29, 1.82) is 0 Å². The summed E-state index contributed by atoms with van der Waals surface area (Å²) >= 11 is 0. The van der Waals surface area contributed by atoms with Gasteiger partial charge in [0.05, 0.1) is 0 Å². The molecular formula is C14H16. The van der Waals surface area contributed by atoms with Crippen molar-refractivity contribution in [3.8, 4) is 0 Å². The average Bonchev–Trinajstić information content (AvgIpc) is 2.18. The Kier molecular flexibility index (Phi) is 2.28. The fourth-order valence-corrected chi connectivity index (χ4v) is 2.26. The van der Waals surface area contributed by atoms with E-state index in [2.05, 4.69) is 51.1 Å². The van der Waals surface area contributed by atoms with E-state index in [1.54, 1.807) is 0 Å². The molecule has 14 heavy (non-hydrogen) atoms. The second kappa shape index (κ2) is 3.45. The lowest BCUT2D eigenvalue weighted by atomic mass is 9.94. The molecule has 0 heteroatoms. The smallest absolute Gasteiger partial charge is 0.0147 e. The van der Waals surface area contributed by atoms with Gasteiger partial charge in [0, 0.05) is 0 Å². The molecule has 0 unspecified atom stereocenters. The molecule has 0 fully saturated rings. The van der Waals surface area contributed by atoms with Gasteiger partial charge in [-0.15, -0.1) is 0 Å². The number of benzene rings is 2. The van der Waals surface area contributed by atoms with Crippen LogP contribution in [0.2, 0.25) is 0 Å². The van der Waals surface area contributed by atoms with Crippen LogP contribution in [-0.2, 0) is 6.42 Å². The average molecular weight is 184 g/mol. The minimum atomic E-state index is 1.12. The molecule has 0 radical (unpaired) electrons. The first-order chi connectivity index (χ1) is 6.74. The molecule has 0 aliphatic carbocycles. The Morgan fingerprint density at radius 2 is 1.57 bits per heavy atom. The Bertz CT molecular complexity index is 467. The summed E-state index contributed by atoms with van der Waals surface area (Å²) < 4.78 is 0. The normalized spacial score (nSPS) is 10.8. The molecule has 0 saturated carbocycles. The van der Waals surface area contributed by atoms with Gasteiger partial charge in [0.1, 0.15) is 0 Å². The van der Waals surface area contributed by atoms with Crippen LogP contribution >= 0.6 is 0 Å². The van der Waals surface area contributed by atoms with Crippen LogP contribution < -0.4 is 0 Å². The Morgan fingerprint density at radius 1 is 0.929 bits per heavy atom. The number of rotatable bonds is 1. The summed E-state index contributed by atoms with van der Waals surface area (Å²) in [6.07, 6.45) is 1.12. The van der Waals surface area contributed by atoms with Crippen molar-refractivity contribution >= 4 is 10.8 Å². The van der Waals surface area contributed by atoms with Crippen molar-refractivity contribution in [3.63, 3.8) is 0 Å². The molecule has 0 bridgehead atoms. The lowest BCUT2D eigenvalue weighted by Gasteiger charge is -2.10. The molecule has 0 nitrogen and oxygen atoms in total. The van der Waals surface area contributed by atoms with Gasteiger partial charge in [0.25, 0.3) is 0 Å². The van der Waals surface area contributed by atoms with E-state index < -0.39 is 0 Å². The van der Waals surface area contributed by atoms with E-state index in [4.69, 9.17) is 0 Å². The molecule has 0 amide bonds. The Hall–Kier alpha value is -1.30. The van der Waals surface area contributed by atoms with Crippen molar-refractivity contribution in [3.05, 3.63) is 47.0 Å². The Morgan fingerprint density at radius 3 is 2.21 bits per heavy atom. The summed E-state index contributed by atoms with van der Waals surface area (Å²) in [6.45, 7) is 6.62. The summed E-state index contributed by atoms with van der Waals surface area (Å²) in [5, 5.41) is 2.82. The van der Waals surface area contributed by atoms with Gasteiger partial charge in [0.2, 0.25) is 0 Å². The second-order valence-corrected chi connectivity index (χ2v) is 3.89. The topological polar surface area (TPSA) is 0 Å². The van der Waals surface area contributed by atoms with Gasteiger partial charge in [-0.1, -0.05) is 37.3 Å². The first-order valence-electron chi connectivity index (χ1n) is 5.22. The Labute approximate surface area is 85.6 Å². The molecular weight excluding hydrogens is 168 g/mol. The van der Waals surface area contributed by atoms with E-state index >= 15 is 0 Å². The summed E-state index contributed by atoms with van der Waals surface area (Å²) in [5.74, 6) is 0. The third-order valence-corrected chi connectivity index (χ3v) is 2.94. The summed E-state index contributed by atoms with van der Waals surface area (Å²) in [7, 11) is 0. The number of hydrogen-bond donors (Lipinski definition) is 0. The maximum Gasteiger partial charge on any atom is -0.0147 e. The summed E-state index contributed by atoms with van der Waals surface area (Å²) in [6, 6.07) is 11.0. The third kappa shape index (κ3) is 1.31. The summed E-state index contributed by atoms with van der Waals surface area (Å²) in [5.41, 5.74) is 4.30. The van der Waals surface area contributed by atoms with Crippen LogP contribution in [0.1, 0.15) is 23.6 Å². The Balaban J connectivity index is 2.90. The van der Waals surface area contributed by atoms with E-state index in [0.29, 0.717) is 0 Å². The largest absolute Gasteiger partial charge is 0.0616 e. The first kappa shape index (κ1) is 9.26. The molecule has 2 rings (SSSR count). The van der Waals surface area contributed by atoms with Crippen LogP contribution in [0.4, 0.5) is 0 Å². The highest BCUT2D eigenvalue weighted by molar-refractivity contribution is 5.89. The zero-order valence-corrected chi connectivity index (χ0v) is 9.09. The number of hydrogen-bond acceptors (Lipinski definition) is 0. The minimum Gasteiger partial charge on any atom is -0.0616 e. The van der Waals surface area contributed by atoms with Crippen molar-refractivity contribution in [1.82, 2.24) is 0 Å². The van der Waals surface area contributed by atoms with Crippen LogP contribution in [0, 0.1) is 13.8 Å². The lowest BCUT2D eigenvalue weighted by molar-refractivity contribution is 1.13. The standard InChI is InChI=1S/C14H16/c1-4-12-10(2)9-11(3)13-7-5-6-8-14(12)13/h5-9H,4H2,1-3H3. The zero-order chi connectivity index (χ0) is 10.1. The molecule has 72 valence electrons. The molecule has 0 aliphatic rings. The van der Waals surface area contributed by atoms with Crippen molar-refractivity contribution in [2.24, 2.45) is 0 Å². The van der Waals surface area contributed by atoms with E-state index in [1.807, 2.05) is 0 Å². The van der Waals surface area contributed by atoms with Crippen LogP contribution in [0.25, 0.3) is 10.8 Å². The highest BCUT2D eigenvalue weighted by Crippen LogP contribution is 2.25. The van der Waals surface area contributed by atoms with E-state index in [0.717, 1.165) is 6.42 Å². The van der Waals surface area contributed by atoms with E-state index in [1.165, 1.54) is 27.5 Å². The highest BCUT2D eigenvalue weighted by atomic mass is 14.1. The quantitative estimate of drug-likeness (QED) is 0.628. The van der Waals surface area contributed by atoms with Crippen molar-refractivity contribution < 1.29 is 0 Å². The van der Waals surface area contributed by atoms with Gasteiger partial charge in [0.15, 0.2) is 0 Å². The minimum absolute atomic E-state index is 1.12. The predicted octanol–water partition coefficient (Wildman–Crippen LogP) is 4.02.